The second-order valence-corrected chi connectivity index (χ2v) is 6.33. The van der Waals surface area contributed by atoms with Gasteiger partial charge in [-0.15, -0.1) is 0 Å². The van der Waals surface area contributed by atoms with Crippen LogP contribution in [0.25, 0.3) is 0 Å². The Morgan fingerprint density at radius 2 is 1.45 bits per heavy atom. The number of methoxy groups -OCH3 is 3. The molecule has 0 saturated carbocycles. The first-order chi connectivity index (χ1) is 14.9. The molecule has 0 fully saturated rings. The normalized spacial score (nSPS) is 12.3. The van der Waals surface area contributed by atoms with Gasteiger partial charge in [0.05, 0.1) is 32.5 Å². The number of benzene rings is 2. The van der Waals surface area contributed by atoms with Gasteiger partial charge in [0.1, 0.15) is 6.54 Å². The summed E-state index contributed by atoms with van der Waals surface area (Å²) in [4.78, 5) is 49.8. The van der Waals surface area contributed by atoms with Gasteiger partial charge in [-0.25, -0.2) is 4.90 Å². The molecule has 1 heterocycles. The minimum Gasteiger partial charge on any atom is -0.493 e. The lowest BCUT2D eigenvalue weighted by Gasteiger charge is -2.15. The van der Waals surface area contributed by atoms with Gasteiger partial charge in [-0.05, 0) is 24.3 Å². The van der Waals surface area contributed by atoms with E-state index in [1.54, 1.807) is 12.1 Å². The molecule has 0 bridgehead atoms. The van der Waals surface area contributed by atoms with Gasteiger partial charge in [0.25, 0.3) is 17.7 Å². The molecular weight excluding hydrogens is 408 g/mol. The molecule has 31 heavy (non-hydrogen) atoms. The van der Waals surface area contributed by atoms with Gasteiger partial charge in [-0.2, -0.15) is 0 Å². The summed E-state index contributed by atoms with van der Waals surface area (Å²) < 4.78 is 20.6. The number of nitrogens with one attached hydrogen (secondary N) is 1. The molecule has 2 aromatic carbocycles. The van der Waals surface area contributed by atoms with E-state index in [0.29, 0.717) is 5.75 Å². The Bertz CT molecular complexity index is 989. The van der Waals surface area contributed by atoms with Gasteiger partial charge < -0.3 is 24.3 Å². The summed E-state index contributed by atoms with van der Waals surface area (Å²) >= 11 is 0. The monoisotopic (exact) mass is 428 g/mol. The van der Waals surface area contributed by atoms with Crippen LogP contribution < -0.4 is 19.5 Å². The Morgan fingerprint density at radius 3 is 1.94 bits per heavy atom. The molecular formula is C21H20N2O8. The second-order valence-electron chi connectivity index (χ2n) is 6.33. The van der Waals surface area contributed by atoms with Gasteiger partial charge >= 0.3 is 5.97 Å². The summed E-state index contributed by atoms with van der Waals surface area (Å²) in [5, 5.41) is 2.40. The Morgan fingerprint density at radius 1 is 0.903 bits per heavy atom. The molecule has 0 atom stereocenters. The maximum Gasteiger partial charge on any atom is 0.327 e. The Balaban J connectivity index is 1.57. The molecule has 0 radical (unpaired) electrons. The van der Waals surface area contributed by atoms with Crippen LogP contribution in [0.3, 0.4) is 0 Å². The fourth-order valence-electron chi connectivity index (χ4n) is 3.01. The molecule has 1 N–H and O–H groups in total. The third kappa shape index (κ3) is 4.27. The maximum absolute atomic E-state index is 12.4. The van der Waals surface area contributed by atoms with Crippen LogP contribution in [0.4, 0.5) is 0 Å². The number of imide groups is 1. The Kier molecular flexibility index (Phi) is 6.39. The SMILES string of the molecule is COc1cc(C(=O)NCC(=O)OCN2C(=O)c3ccccc3C2=O)cc(OC)c1OC. The number of rotatable bonds is 8. The van der Waals surface area contributed by atoms with Crippen LogP contribution in [0.5, 0.6) is 17.2 Å². The number of fused-ring (bicyclic) bond motifs is 1. The summed E-state index contributed by atoms with van der Waals surface area (Å²) in [7, 11) is 4.26. The third-order valence-electron chi connectivity index (χ3n) is 4.55. The molecule has 10 heteroatoms. The quantitative estimate of drug-likeness (QED) is 0.493. The Labute approximate surface area is 177 Å². The van der Waals surface area contributed by atoms with Crippen LogP contribution in [0.1, 0.15) is 31.1 Å². The largest absolute Gasteiger partial charge is 0.493 e. The topological polar surface area (TPSA) is 120 Å². The number of hydrogen-bond donors (Lipinski definition) is 1. The van der Waals surface area contributed by atoms with Crippen molar-refractivity contribution in [2.75, 3.05) is 34.6 Å². The average Bonchev–Trinajstić information content (AvgIpc) is 3.04. The van der Waals surface area contributed by atoms with Gasteiger partial charge in [-0.3, -0.25) is 19.2 Å². The highest BCUT2D eigenvalue weighted by Gasteiger charge is 2.35. The summed E-state index contributed by atoms with van der Waals surface area (Å²) in [5.74, 6) is -1.62. The number of esters is 1. The zero-order valence-electron chi connectivity index (χ0n) is 17.1. The third-order valence-corrected chi connectivity index (χ3v) is 4.55. The van der Waals surface area contributed by atoms with E-state index in [4.69, 9.17) is 18.9 Å². The summed E-state index contributed by atoms with van der Waals surface area (Å²) in [5.41, 5.74) is 0.668. The zero-order chi connectivity index (χ0) is 22.5. The van der Waals surface area contributed by atoms with E-state index in [9.17, 15) is 19.2 Å². The van der Waals surface area contributed by atoms with Crippen molar-refractivity contribution in [3.05, 3.63) is 53.1 Å². The van der Waals surface area contributed by atoms with Gasteiger partial charge in [0.15, 0.2) is 18.2 Å². The van der Waals surface area contributed by atoms with Crippen molar-refractivity contribution in [2.45, 2.75) is 0 Å². The number of ether oxygens (including phenoxy) is 4. The van der Waals surface area contributed by atoms with Crippen LogP contribution in [-0.4, -0.2) is 63.2 Å². The van der Waals surface area contributed by atoms with Gasteiger partial charge in [0.2, 0.25) is 5.75 Å². The fraction of sp³-hybridized carbons (Fsp3) is 0.238. The lowest BCUT2D eigenvalue weighted by atomic mass is 10.1. The number of hydrogen-bond acceptors (Lipinski definition) is 8. The lowest BCUT2D eigenvalue weighted by molar-refractivity contribution is -0.145. The number of carbonyl (C=O) groups is 4. The van der Waals surface area contributed by atoms with Crippen molar-refractivity contribution >= 4 is 23.7 Å². The highest BCUT2D eigenvalue weighted by molar-refractivity contribution is 6.21. The van der Waals surface area contributed by atoms with E-state index in [-0.39, 0.29) is 28.2 Å². The first-order valence-electron chi connectivity index (χ1n) is 9.10. The second kappa shape index (κ2) is 9.16. The van der Waals surface area contributed by atoms with Crippen molar-refractivity contribution in [3.8, 4) is 17.2 Å². The number of amides is 3. The molecule has 0 aliphatic carbocycles. The molecule has 10 nitrogen and oxygen atoms in total. The minimum atomic E-state index is -0.822. The van der Waals surface area contributed by atoms with E-state index < -0.39 is 37.0 Å². The molecule has 1 aliphatic heterocycles. The average molecular weight is 428 g/mol. The van der Waals surface area contributed by atoms with Crippen molar-refractivity contribution in [2.24, 2.45) is 0 Å². The van der Waals surface area contributed by atoms with Crippen molar-refractivity contribution in [1.29, 1.82) is 0 Å². The minimum absolute atomic E-state index is 0.169. The zero-order valence-corrected chi connectivity index (χ0v) is 17.1. The summed E-state index contributed by atoms with van der Waals surface area (Å²) in [6, 6.07) is 9.18. The predicted molar refractivity (Wildman–Crippen MR) is 106 cm³/mol. The molecule has 162 valence electrons. The number of carbonyl (C=O) groups excluding carboxylic acids is 4. The first-order valence-corrected chi connectivity index (χ1v) is 9.10. The number of nitrogens with zero attached hydrogens (tertiary/aromatic N) is 1. The van der Waals surface area contributed by atoms with Crippen LogP contribution >= 0.6 is 0 Å². The smallest absolute Gasteiger partial charge is 0.327 e. The Hall–Kier alpha value is -4.08. The molecule has 0 unspecified atom stereocenters. The molecule has 1 aliphatic rings. The molecule has 3 amide bonds. The van der Waals surface area contributed by atoms with E-state index in [1.165, 1.54) is 45.6 Å². The van der Waals surface area contributed by atoms with Crippen molar-refractivity contribution < 1.29 is 38.1 Å². The molecule has 0 saturated heterocycles. The van der Waals surface area contributed by atoms with Gasteiger partial charge in [0, 0.05) is 5.56 Å². The highest BCUT2D eigenvalue weighted by Crippen LogP contribution is 2.38. The van der Waals surface area contributed by atoms with E-state index in [2.05, 4.69) is 5.32 Å². The maximum atomic E-state index is 12.4. The summed E-state index contributed by atoms with van der Waals surface area (Å²) in [6.45, 7) is -1.02. The van der Waals surface area contributed by atoms with E-state index >= 15 is 0 Å². The van der Waals surface area contributed by atoms with E-state index in [1.807, 2.05) is 0 Å². The van der Waals surface area contributed by atoms with Crippen molar-refractivity contribution in [1.82, 2.24) is 10.2 Å². The standard InChI is InChI=1S/C21H20N2O8/c1-28-15-8-12(9-16(29-2)18(15)30-3)19(25)22-10-17(24)31-11-23-20(26)13-6-4-5-7-14(13)21(23)27/h4-9H,10-11H2,1-3H3,(H,22,25). The molecule has 2 aromatic rings. The fourth-order valence-corrected chi connectivity index (χ4v) is 3.01. The lowest BCUT2D eigenvalue weighted by Crippen LogP contribution is -2.36. The first kappa shape index (κ1) is 21.6. The van der Waals surface area contributed by atoms with Crippen LogP contribution in [0.15, 0.2) is 36.4 Å². The predicted octanol–water partition coefficient (Wildman–Crippen LogP) is 1.24. The highest BCUT2D eigenvalue weighted by atomic mass is 16.5. The van der Waals surface area contributed by atoms with E-state index in [0.717, 1.165) is 4.90 Å². The molecule has 0 aromatic heterocycles. The van der Waals surface area contributed by atoms with Crippen LogP contribution in [0.2, 0.25) is 0 Å². The molecule has 0 spiro atoms. The van der Waals surface area contributed by atoms with Crippen LogP contribution in [0, 0.1) is 0 Å². The van der Waals surface area contributed by atoms with Crippen LogP contribution in [-0.2, 0) is 9.53 Å². The van der Waals surface area contributed by atoms with Crippen molar-refractivity contribution in [3.63, 3.8) is 0 Å². The molecule has 3 rings (SSSR count). The van der Waals surface area contributed by atoms with Gasteiger partial charge in [-0.1, -0.05) is 12.1 Å². The summed E-state index contributed by atoms with van der Waals surface area (Å²) in [6.07, 6.45) is 0.